The Hall–Kier alpha value is 1.06. The third-order valence-electron chi connectivity index (χ3n) is 8.42. The minimum Gasteiger partial charge on any atom is -0.538 e. The molecule has 0 aromatic heterocycles. The van der Waals surface area contributed by atoms with Gasteiger partial charge in [-0.2, -0.15) is 0 Å². The fourth-order valence-corrected chi connectivity index (χ4v) is 19.6. The Balaban J connectivity index is 0.00000169. The Morgan fingerprint density at radius 3 is 1.54 bits per heavy atom. The molecule has 4 saturated carbocycles. The summed E-state index contributed by atoms with van der Waals surface area (Å²) in [5.74, 6) is 3.22. The van der Waals surface area contributed by atoms with Crippen LogP contribution in [0.1, 0.15) is 44.9 Å². The van der Waals surface area contributed by atoms with Gasteiger partial charge in [-0.1, -0.05) is 45.7 Å². The summed E-state index contributed by atoms with van der Waals surface area (Å²) in [7, 11) is 0.485. The van der Waals surface area contributed by atoms with Crippen molar-refractivity contribution in [2.75, 3.05) is 6.54 Å². The van der Waals surface area contributed by atoms with Crippen molar-refractivity contribution in [3.63, 3.8) is 0 Å². The van der Waals surface area contributed by atoms with Gasteiger partial charge < -0.3 is 4.81 Å². The second-order valence-corrected chi connectivity index (χ2v) is 23.0. The topological polar surface area (TPSA) is 3.24 Å². The van der Waals surface area contributed by atoms with Crippen molar-refractivity contribution in [1.82, 2.24) is 4.81 Å². The van der Waals surface area contributed by atoms with Crippen LogP contribution in [0.2, 0.25) is 43.8 Å². The Labute approximate surface area is 165 Å². The maximum absolute atomic E-state index is 2.97. The van der Waals surface area contributed by atoms with Crippen molar-refractivity contribution < 1.29 is 18.9 Å². The van der Waals surface area contributed by atoms with E-state index in [-0.39, 0.29) is 18.9 Å². The zero-order valence-corrected chi connectivity index (χ0v) is 19.4. The van der Waals surface area contributed by atoms with Crippen LogP contribution in [0.15, 0.2) is 0 Å². The van der Waals surface area contributed by atoms with Crippen LogP contribution in [0.25, 0.3) is 0 Å². The van der Waals surface area contributed by atoms with Crippen LogP contribution in [0.3, 0.4) is 0 Å². The molecule has 4 bridgehead atoms. The molecule has 4 aliphatic carbocycles. The molecule has 1 saturated heterocycles. The molecule has 5 fully saturated rings. The van der Waals surface area contributed by atoms with E-state index >= 15 is 0 Å². The fourth-order valence-electron chi connectivity index (χ4n) is 7.75. The maximum atomic E-state index is 2.97. The standard InChI is InChI=1S/C19H37BNSi2.Li/c1-22(2,3)19(23(4,5)6)7-8-21(20-19)18-12-15-9-16(13-18)11-17(10-15)14-18;/h15-17H,7-14H2,1-6H3;/q-1;+1. The predicted octanol–water partition coefficient (Wildman–Crippen LogP) is 2.20. The number of hydrogen-bond acceptors (Lipinski definition) is 1. The van der Waals surface area contributed by atoms with E-state index in [1.165, 1.54) is 32.2 Å². The van der Waals surface area contributed by atoms with Crippen LogP contribution >= 0.6 is 0 Å². The summed E-state index contributed by atoms with van der Waals surface area (Å²) < 4.78 is 0.614. The van der Waals surface area contributed by atoms with Gasteiger partial charge in [-0.15, -0.1) is 0 Å². The summed E-state index contributed by atoms with van der Waals surface area (Å²) in [4.78, 5) is 2.97. The summed E-state index contributed by atoms with van der Waals surface area (Å²) in [6, 6.07) is 0. The molecule has 1 nitrogen and oxygen atoms in total. The molecule has 0 spiro atoms. The first-order valence-corrected chi connectivity index (χ1v) is 17.2. The molecule has 5 heteroatoms. The number of nitrogens with zero attached hydrogens (tertiary/aromatic N) is 1. The van der Waals surface area contributed by atoms with Crippen LogP contribution in [-0.4, -0.2) is 40.5 Å². The zero-order valence-electron chi connectivity index (χ0n) is 17.4. The van der Waals surface area contributed by atoms with E-state index < -0.39 is 16.1 Å². The van der Waals surface area contributed by atoms with E-state index in [1.54, 1.807) is 19.3 Å². The zero-order chi connectivity index (χ0) is 16.7. The SMILES string of the molecule is C[Si](C)(C)C1([Si](C)(C)C)[B-]N(C23CC4CC(CC(C4)C2)C3)CC1.[Li+]. The molecule has 0 amide bonds. The Bertz CT molecular complexity index is 447. The van der Waals surface area contributed by atoms with Crippen LogP contribution in [0.5, 0.6) is 0 Å². The normalized spacial score (nSPS) is 41.5. The van der Waals surface area contributed by atoms with Crippen LogP contribution < -0.4 is 18.9 Å². The van der Waals surface area contributed by atoms with Crippen molar-refractivity contribution in [1.29, 1.82) is 0 Å². The van der Waals surface area contributed by atoms with Crippen molar-refractivity contribution in [3.05, 3.63) is 0 Å². The minimum absolute atomic E-state index is 0. The van der Waals surface area contributed by atoms with Gasteiger partial charge in [-0.05, 0) is 68.4 Å². The average molecular weight is 353 g/mol. The van der Waals surface area contributed by atoms with Gasteiger partial charge in [0, 0.05) is 16.1 Å². The van der Waals surface area contributed by atoms with Gasteiger partial charge in [0.2, 0.25) is 0 Å². The molecule has 24 heavy (non-hydrogen) atoms. The van der Waals surface area contributed by atoms with Gasteiger partial charge in [-0.3, -0.25) is 0 Å². The molecular weight excluding hydrogens is 316 g/mol. The van der Waals surface area contributed by atoms with Crippen molar-refractivity contribution in [3.8, 4) is 0 Å². The predicted molar refractivity (Wildman–Crippen MR) is 107 cm³/mol. The molecule has 0 aromatic rings. The van der Waals surface area contributed by atoms with Gasteiger partial charge in [0.05, 0.1) is 0 Å². The summed E-state index contributed by atoms with van der Waals surface area (Å²) in [5, 5.41) is 0. The van der Waals surface area contributed by atoms with Gasteiger partial charge in [-0.25, -0.2) is 12.0 Å². The molecule has 0 N–H and O–H groups in total. The Kier molecular flexibility index (Phi) is 4.98. The van der Waals surface area contributed by atoms with Crippen LogP contribution in [0, 0.1) is 17.8 Å². The first kappa shape index (κ1) is 19.8. The van der Waals surface area contributed by atoms with Gasteiger partial charge in [0.25, 0.3) is 0 Å². The molecule has 1 aliphatic heterocycles. The van der Waals surface area contributed by atoms with Crippen molar-refractivity contribution >= 4 is 23.6 Å². The Morgan fingerprint density at radius 1 is 0.792 bits per heavy atom. The van der Waals surface area contributed by atoms with E-state index in [2.05, 4.69) is 51.5 Å². The van der Waals surface area contributed by atoms with Gasteiger partial charge in [0.15, 0.2) is 0 Å². The monoisotopic (exact) mass is 353 g/mol. The van der Waals surface area contributed by atoms with E-state index in [0.717, 1.165) is 17.8 Å². The molecule has 0 aromatic carbocycles. The van der Waals surface area contributed by atoms with E-state index in [0.29, 0.717) is 10.1 Å². The summed E-state index contributed by atoms with van der Waals surface area (Å²) in [6.45, 7) is 17.2. The quantitative estimate of drug-likeness (QED) is 0.703. The molecule has 1 heterocycles. The van der Waals surface area contributed by atoms with Crippen LogP contribution in [0.4, 0.5) is 0 Å². The summed E-state index contributed by atoms with van der Waals surface area (Å²) in [6.07, 6.45) is 10.8. The third-order valence-corrected chi connectivity index (χ3v) is 19.0. The number of hydrogen-bond donors (Lipinski definition) is 0. The molecule has 130 valence electrons. The van der Waals surface area contributed by atoms with Crippen LogP contribution in [-0.2, 0) is 0 Å². The summed E-state index contributed by atoms with van der Waals surface area (Å²) >= 11 is 0. The molecule has 5 aliphatic rings. The minimum atomic E-state index is -1.20. The maximum Gasteiger partial charge on any atom is 1.00 e. The van der Waals surface area contributed by atoms with Gasteiger partial charge >= 0.3 is 18.9 Å². The fraction of sp³-hybridized carbons (Fsp3) is 1.00. The molecule has 0 atom stereocenters. The molecule has 5 rings (SSSR count). The first-order valence-electron chi connectivity index (χ1n) is 10.2. The molecule has 2 radical (unpaired) electrons. The van der Waals surface area contributed by atoms with E-state index in [1.807, 2.05) is 0 Å². The summed E-state index contributed by atoms with van der Waals surface area (Å²) in [5.41, 5.74) is 0.593. The van der Waals surface area contributed by atoms with E-state index in [4.69, 9.17) is 0 Å². The molecule has 0 unspecified atom stereocenters. The Morgan fingerprint density at radius 2 is 1.21 bits per heavy atom. The third kappa shape index (κ3) is 2.82. The molecular formula is C19H37BLiNSi2. The second-order valence-electron chi connectivity index (χ2n) is 11.7. The van der Waals surface area contributed by atoms with Crippen molar-refractivity contribution in [2.45, 2.75) is 94.3 Å². The van der Waals surface area contributed by atoms with E-state index in [9.17, 15) is 0 Å². The largest absolute Gasteiger partial charge is 1.00 e. The smallest absolute Gasteiger partial charge is 0.538 e. The van der Waals surface area contributed by atoms with Gasteiger partial charge in [0.1, 0.15) is 0 Å². The second kappa shape index (κ2) is 6.03. The van der Waals surface area contributed by atoms with Crippen molar-refractivity contribution in [2.24, 2.45) is 17.8 Å². The average Bonchev–Trinajstić information content (AvgIpc) is 2.82. The first-order chi connectivity index (χ1) is 10.5. The number of rotatable bonds is 3.